The van der Waals surface area contributed by atoms with E-state index in [0.29, 0.717) is 12.8 Å². The maximum absolute atomic E-state index is 10.0. The van der Waals surface area contributed by atoms with E-state index in [1.165, 1.54) is 10.4 Å². The maximum Gasteiger partial charge on any atom is 0.134 e. The summed E-state index contributed by atoms with van der Waals surface area (Å²) in [7, 11) is 0. The molecule has 1 aliphatic heterocycles. The van der Waals surface area contributed by atoms with Gasteiger partial charge in [-0.3, -0.25) is 0 Å². The third kappa shape index (κ3) is 3.50. The van der Waals surface area contributed by atoms with Crippen molar-refractivity contribution in [2.45, 2.75) is 35.4 Å². The monoisotopic (exact) mass is 316 g/mol. The van der Waals surface area contributed by atoms with Crippen molar-refractivity contribution in [1.82, 2.24) is 0 Å². The largest absolute Gasteiger partial charge is 0.389 e. The van der Waals surface area contributed by atoms with Crippen LogP contribution in [0.5, 0.6) is 0 Å². The second-order valence-electron chi connectivity index (χ2n) is 4.96. The van der Waals surface area contributed by atoms with Crippen LogP contribution in [-0.2, 0) is 4.74 Å². The van der Waals surface area contributed by atoms with Gasteiger partial charge in [0.05, 0.1) is 12.2 Å². The summed E-state index contributed by atoms with van der Waals surface area (Å²) >= 11 is 3.29. The molecule has 2 nitrogen and oxygen atoms in total. The Kier molecular flexibility index (Phi) is 4.67. The molecule has 1 aromatic heterocycles. The average Bonchev–Trinajstić information content (AvgIpc) is 3.11. The van der Waals surface area contributed by atoms with Crippen LogP contribution in [0.1, 0.15) is 12.8 Å². The number of aliphatic hydroxyl groups is 1. The van der Waals surface area contributed by atoms with Crippen molar-refractivity contribution in [3.63, 3.8) is 0 Å². The molecule has 1 aliphatic rings. The zero-order valence-electron chi connectivity index (χ0n) is 11.4. The third-order valence-electron chi connectivity index (χ3n) is 3.40. The van der Waals surface area contributed by atoms with Crippen molar-refractivity contribution >= 4 is 23.1 Å². The summed E-state index contributed by atoms with van der Waals surface area (Å²) in [6.07, 6.45) is 6.00. The molecular weight excluding hydrogens is 300 g/mol. The van der Waals surface area contributed by atoms with E-state index in [0.717, 1.165) is 4.90 Å². The normalized spacial score (nSPS) is 24.9. The number of thioether (sulfide) groups is 1. The predicted octanol–water partition coefficient (Wildman–Crippen LogP) is 4.01. The van der Waals surface area contributed by atoms with Crippen molar-refractivity contribution < 1.29 is 9.84 Å². The van der Waals surface area contributed by atoms with Gasteiger partial charge in [0.15, 0.2) is 0 Å². The van der Waals surface area contributed by atoms with E-state index >= 15 is 0 Å². The summed E-state index contributed by atoms with van der Waals surface area (Å²) in [4.78, 5) is 2.36. The maximum atomic E-state index is 10.0. The van der Waals surface area contributed by atoms with Gasteiger partial charge in [-0.1, -0.05) is 30.0 Å². The molecule has 108 valence electrons. The molecule has 4 heteroatoms. The Labute approximate surface area is 133 Å². The number of benzene rings is 1. The molecule has 0 bridgehead atoms. The molecule has 0 aliphatic carbocycles. The Hall–Kier alpha value is -1.25. The van der Waals surface area contributed by atoms with E-state index in [1.54, 1.807) is 23.1 Å². The number of ether oxygens (including phenoxy) is 1. The van der Waals surface area contributed by atoms with Crippen LogP contribution in [0.2, 0.25) is 0 Å². The molecule has 0 amide bonds. The molecule has 1 N–H and O–H groups in total. The number of aliphatic hydroxyl groups excluding tert-OH is 1. The highest BCUT2D eigenvalue weighted by Gasteiger charge is 2.33. The van der Waals surface area contributed by atoms with Gasteiger partial charge in [0, 0.05) is 22.6 Å². The van der Waals surface area contributed by atoms with Crippen molar-refractivity contribution in [1.29, 1.82) is 0 Å². The van der Waals surface area contributed by atoms with Gasteiger partial charge < -0.3 is 9.84 Å². The van der Waals surface area contributed by atoms with Gasteiger partial charge in [-0.2, -0.15) is 0 Å². The number of rotatable bonds is 4. The molecule has 2 unspecified atom stereocenters. The van der Waals surface area contributed by atoms with Gasteiger partial charge in [0.25, 0.3) is 0 Å². The lowest BCUT2D eigenvalue weighted by Crippen LogP contribution is -2.16. The molecule has 1 aromatic carbocycles. The molecule has 2 aromatic rings. The molecule has 3 atom stereocenters. The summed E-state index contributed by atoms with van der Waals surface area (Å²) in [5.41, 5.74) is 0.989. The number of thiophene rings is 1. The van der Waals surface area contributed by atoms with E-state index in [4.69, 9.17) is 11.2 Å². The van der Waals surface area contributed by atoms with Gasteiger partial charge in [-0.15, -0.1) is 23.7 Å². The summed E-state index contributed by atoms with van der Waals surface area (Å²) in [5, 5.41) is 12.1. The van der Waals surface area contributed by atoms with Crippen LogP contribution >= 0.6 is 23.1 Å². The van der Waals surface area contributed by atoms with E-state index in [-0.39, 0.29) is 11.5 Å². The smallest absolute Gasteiger partial charge is 0.134 e. The fourth-order valence-corrected chi connectivity index (χ4v) is 4.14. The molecule has 3 rings (SSSR count). The van der Waals surface area contributed by atoms with Crippen LogP contribution in [0.3, 0.4) is 0 Å². The minimum absolute atomic E-state index is 0.0205. The number of terminal acetylenes is 1. The third-order valence-corrected chi connectivity index (χ3v) is 5.52. The fourth-order valence-electron chi connectivity index (χ4n) is 2.36. The molecule has 0 radical (unpaired) electrons. The first-order valence-corrected chi connectivity index (χ1v) is 8.60. The summed E-state index contributed by atoms with van der Waals surface area (Å²) < 4.78 is 5.79. The standard InChI is InChI=1S/C17H16O2S2/c1-2-4-13-11-15(18)17(19-13)21-14-8-6-12(7-9-14)16-5-3-10-20-16/h1,3,5-10,13,15,17-18H,4,11H2/t13?,15-,17?/m1/s1. The quantitative estimate of drug-likeness (QED) is 0.864. The van der Waals surface area contributed by atoms with Crippen molar-refractivity contribution in [2.24, 2.45) is 0 Å². The lowest BCUT2D eigenvalue weighted by Gasteiger charge is -2.14. The van der Waals surface area contributed by atoms with Crippen LogP contribution in [0.15, 0.2) is 46.7 Å². The second-order valence-corrected chi connectivity index (χ2v) is 7.08. The van der Waals surface area contributed by atoms with Crippen LogP contribution in [0.25, 0.3) is 10.4 Å². The molecule has 21 heavy (non-hydrogen) atoms. The molecule has 0 spiro atoms. The Morgan fingerprint density at radius 1 is 1.33 bits per heavy atom. The zero-order valence-corrected chi connectivity index (χ0v) is 13.1. The van der Waals surface area contributed by atoms with E-state index in [1.807, 2.05) is 0 Å². The van der Waals surface area contributed by atoms with E-state index in [2.05, 4.69) is 47.7 Å². The fraction of sp³-hybridized carbons (Fsp3) is 0.294. The van der Waals surface area contributed by atoms with Crippen molar-refractivity contribution in [2.75, 3.05) is 0 Å². The van der Waals surface area contributed by atoms with Crippen LogP contribution in [0.4, 0.5) is 0 Å². The van der Waals surface area contributed by atoms with Gasteiger partial charge in [-0.05, 0) is 29.1 Å². The number of hydrogen-bond donors (Lipinski definition) is 1. The highest BCUT2D eigenvalue weighted by molar-refractivity contribution is 7.99. The summed E-state index contributed by atoms with van der Waals surface area (Å²) in [6.45, 7) is 0. The van der Waals surface area contributed by atoms with Gasteiger partial charge in [-0.25, -0.2) is 0 Å². The highest BCUT2D eigenvalue weighted by atomic mass is 32.2. The first-order chi connectivity index (χ1) is 10.3. The van der Waals surface area contributed by atoms with Gasteiger partial charge >= 0.3 is 0 Å². The lowest BCUT2D eigenvalue weighted by atomic mass is 10.2. The SMILES string of the molecule is C#CCC1C[C@@H](O)C(Sc2ccc(-c3cccs3)cc2)O1. The molecule has 1 fully saturated rings. The van der Waals surface area contributed by atoms with Crippen molar-refractivity contribution in [3.8, 4) is 22.8 Å². The number of hydrogen-bond acceptors (Lipinski definition) is 4. The van der Waals surface area contributed by atoms with Gasteiger partial charge in [0.2, 0.25) is 0 Å². The van der Waals surface area contributed by atoms with Crippen molar-refractivity contribution in [3.05, 3.63) is 41.8 Å². The topological polar surface area (TPSA) is 29.5 Å². The summed E-state index contributed by atoms with van der Waals surface area (Å²) in [5.74, 6) is 2.59. The Morgan fingerprint density at radius 2 is 2.14 bits per heavy atom. The summed E-state index contributed by atoms with van der Waals surface area (Å²) in [6, 6.07) is 12.5. The molecule has 1 saturated heterocycles. The van der Waals surface area contributed by atoms with E-state index < -0.39 is 6.10 Å². The molecular formula is C17H16O2S2. The average molecular weight is 316 g/mol. The lowest BCUT2D eigenvalue weighted by molar-refractivity contribution is 0.0677. The van der Waals surface area contributed by atoms with Crippen LogP contribution in [-0.4, -0.2) is 22.8 Å². The first kappa shape index (κ1) is 14.7. The zero-order chi connectivity index (χ0) is 14.7. The second kappa shape index (κ2) is 6.67. The Morgan fingerprint density at radius 3 is 2.81 bits per heavy atom. The van der Waals surface area contributed by atoms with Crippen LogP contribution in [0, 0.1) is 12.3 Å². The highest BCUT2D eigenvalue weighted by Crippen LogP contribution is 2.36. The van der Waals surface area contributed by atoms with Crippen LogP contribution < -0.4 is 0 Å². The van der Waals surface area contributed by atoms with E-state index in [9.17, 15) is 5.11 Å². The Bertz CT molecular complexity index is 613. The van der Waals surface area contributed by atoms with Gasteiger partial charge in [0.1, 0.15) is 5.44 Å². The first-order valence-electron chi connectivity index (χ1n) is 6.84. The molecule has 2 heterocycles. The predicted molar refractivity (Wildman–Crippen MR) is 88.3 cm³/mol. The minimum atomic E-state index is -0.453. The molecule has 0 saturated carbocycles. The Balaban J connectivity index is 1.65. The minimum Gasteiger partial charge on any atom is -0.389 e.